The Morgan fingerprint density at radius 2 is 1.69 bits per heavy atom. The van der Waals surface area contributed by atoms with Crippen LogP contribution in [0.1, 0.15) is 69.8 Å². The van der Waals surface area contributed by atoms with E-state index in [1.165, 1.54) is 69.8 Å². The lowest BCUT2D eigenvalue weighted by atomic mass is 9.95. The van der Waals surface area contributed by atoms with E-state index in [1.807, 2.05) is 6.07 Å². The van der Waals surface area contributed by atoms with E-state index < -0.39 is 6.10 Å². The number of β-amino-alcohol motifs (C(OH)–C–C–N with tert-alkyl or cyclic N) is 1. The number of ether oxygens (including phenoxy) is 2. The van der Waals surface area contributed by atoms with Crippen LogP contribution in [0, 0.1) is 0 Å². The molecule has 29 heavy (non-hydrogen) atoms. The Morgan fingerprint density at radius 3 is 2.41 bits per heavy atom. The van der Waals surface area contributed by atoms with Crippen molar-refractivity contribution >= 4 is 0 Å². The average Bonchev–Trinajstić information content (AvgIpc) is 2.73. The smallest absolute Gasteiger partial charge is 0.161 e. The molecule has 2 N–H and O–H groups in total. The third-order valence-corrected chi connectivity index (χ3v) is 6.28. The molecule has 2 aliphatic rings. The zero-order valence-corrected chi connectivity index (χ0v) is 18.2. The van der Waals surface area contributed by atoms with Gasteiger partial charge in [0.25, 0.3) is 0 Å². The van der Waals surface area contributed by atoms with Crippen LogP contribution in [-0.2, 0) is 6.54 Å². The molecule has 164 valence electrons. The van der Waals surface area contributed by atoms with Crippen molar-refractivity contribution in [3.63, 3.8) is 0 Å². The molecule has 1 saturated heterocycles. The predicted molar refractivity (Wildman–Crippen MR) is 118 cm³/mol. The van der Waals surface area contributed by atoms with Crippen molar-refractivity contribution in [3.8, 4) is 11.5 Å². The predicted octanol–water partition coefficient (Wildman–Crippen LogP) is 4.12. The first-order valence-corrected chi connectivity index (χ1v) is 11.7. The highest BCUT2D eigenvalue weighted by Gasteiger charge is 2.16. The van der Waals surface area contributed by atoms with Crippen LogP contribution in [0.25, 0.3) is 0 Å². The molecule has 1 heterocycles. The van der Waals surface area contributed by atoms with E-state index in [4.69, 9.17) is 9.47 Å². The summed E-state index contributed by atoms with van der Waals surface area (Å²) in [6.07, 6.45) is 12.6. The van der Waals surface area contributed by atoms with Gasteiger partial charge in [0.1, 0.15) is 12.7 Å². The Bertz CT molecular complexity index is 581. The molecule has 1 aromatic rings. The number of nitrogens with one attached hydrogen (secondary N) is 1. The molecule has 0 bridgehead atoms. The second-order valence-electron chi connectivity index (χ2n) is 8.73. The highest BCUT2D eigenvalue weighted by Crippen LogP contribution is 2.28. The molecule has 1 aliphatic carbocycles. The normalized spacial score (nSPS) is 20.6. The molecule has 1 aliphatic heterocycles. The lowest BCUT2D eigenvalue weighted by Crippen LogP contribution is -2.37. The average molecular weight is 405 g/mol. The maximum atomic E-state index is 10.5. The van der Waals surface area contributed by atoms with Crippen LogP contribution in [0.5, 0.6) is 11.5 Å². The van der Waals surface area contributed by atoms with Crippen molar-refractivity contribution in [2.45, 2.75) is 82.9 Å². The Hall–Kier alpha value is -1.30. The summed E-state index contributed by atoms with van der Waals surface area (Å²) in [5, 5.41) is 14.2. The van der Waals surface area contributed by atoms with E-state index in [0.717, 1.165) is 31.1 Å². The standard InChI is InChI=1S/C24H40N2O3/c1-28-23-13-12-20(17-25-21-10-6-5-7-11-21)16-24(23)29-19-22(27)18-26-14-8-3-2-4-9-15-26/h12-13,16,21-22,25,27H,2-11,14-15,17-19H2,1H3. The third kappa shape index (κ3) is 7.80. The van der Waals surface area contributed by atoms with Gasteiger partial charge in [-0.05, 0) is 56.5 Å². The van der Waals surface area contributed by atoms with Crippen molar-refractivity contribution in [3.05, 3.63) is 23.8 Å². The largest absolute Gasteiger partial charge is 0.493 e. The fraction of sp³-hybridized carbons (Fsp3) is 0.750. The Morgan fingerprint density at radius 1 is 1.00 bits per heavy atom. The summed E-state index contributed by atoms with van der Waals surface area (Å²) in [6.45, 7) is 4.00. The highest BCUT2D eigenvalue weighted by atomic mass is 16.5. The fourth-order valence-corrected chi connectivity index (χ4v) is 4.55. The Kier molecular flexibility index (Phi) is 9.58. The molecule has 0 spiro atoms. The second-order valence-corrected chi connectivity index (χ2v) is 8.73. The Balaban J connectivity index is 1.48. The number of likely N-dealkylation sites (tertiary alicyclic amines) is 1. The maximum absolute atomic E-state index is 10.5. The van der Waals surface area contributed by atoms with Crippen LogP contribution in [-0.4, -0.2) is 55.5 Å². The lowest BCUT2D eigenvalue weighted by Gasteiger charge is -2.27. The summed E-state index contributed by atoms with van der Waals surface area (Å²) in [5.74, 6) is 1.45. The van der Waals surface area contributed by atoms with Crippen LogP contribution in [0.15, 0.2) is 18.2 Å². The monoisotopic (exact) mass is 404 g/mol. The van der Waals surface area contributed by atoms with Gasteiger partial charge in [-0.25, -0.2) is 0 Å². The minimum Gasteiger partial charge on any atom is -0.493 e. The molecular weight excluding hydrogens is 364 g/mol. The van der Waals surface area contributed by atoms with E-state index in [-0.39, 0.29) is 0 Å². The molecule has 1 saturated carbocycles. The van der Waals surface area contributed by atoms with Gasteiger partial charge in [0.2, 0.25) is 0 Å². The van der Waals surface area contributed by atoms with E-state index in [2.05, 4.69) is 22.3 Å². The number of benzene rings is 1. The first-order valence-electron chi connectivity index (χ1n) is 11.7. The maximum Gasteiger partial charge on any atom is 0.161 e. The molecular formula is C24H40N2O3. The molecule has 0 radical (unpaired) electrons. The van der Waals surface area contributed by atoms with Gasteiger partial charge in [-0.1, -0.05) is 44.6 Å². The van der Waals surface area contributed by atoms with Gasteiger partial charge >= 0.3 is 0 Å². The topological polar surface area (TPSA) is 54.0 Å². The van der Waals surface area contributed by atoms with Gasteiger partial charge in [0.05, 0.1) is 7.11 Å². The molecule has 1 aromatic carbocycles. The summed E-state index contributed by atoms with van der Waals surface area (Å²) in [6, 6.07) is 6.75. The van der Waals surface area contributed by atoms with E-state index in [0.29, 0.717) is 19.2 Å². The van der Waals surface area contributed by atoms with Gasteiger partial charge in [-0.15, -0.1) is 0 Å². The third-order valence-electron chi connectivity index (χ3n) is 6.28. The number of methoxy groups -OCH3 is 1. The van der Waals surface area contributed by atoms with Crippen molar-refractivity contribution in [1.82, 2.24) is 10.2 Å². The number of hydrogen-bond donors (Lipinski definition) is 2. The molecule has 1 atom stereocenters. The van der Waals surface area contributed by atoms with Crippen molar-refractivity contribution < 1.29 is 14.6 Å². The van der Waals surface area contributed by atoms with Gasteiger partial charge < -0.3 is 24.8 Å². The minimum absolute atomic E-state index is 0.298. The van der Waals surface area contributed by atoms with Crippen molar-refractivity contribution in [1.29, 1.82) is 0 Å². The van der Waals surface area contributed by atoms with Gasteiger partial charge in [-0.2, -0.15) is 0 Å². The van der Waals surface area contributed by atoms with Gasteiger partial charge in [0, 0.05) is 19.1 Å². The second kappa shape index (κ2) is 12.4. The molecule has 5 heteroatoms. The van der Waals surface area contributed by atoms with E-state index in [9.17, 15) is 5.11 Å². The number of rotatable bonds is 9. The molecule has 0 amide bonds. The molecule has 2 fully saturated rings. The quantitative estimate of drug-likeness (QED) is 0.648. The summed E-state index contributed by atoms with van der Waals surface area (Å²) in [5.41, 5.74) is 1.20. The minimum atomic E-state index is -0.483. The number of aliphatic hydroxyl groups is 1. The number of nitrogens with zero attached hydrogens (tertiary/aromatic N) is 1. The first kappa shape index (κ1) is 22.4. The SMILES string of the molecule is COc1ccc(CNC2CCCCC2)cc1OCC(O)CN1CCCCCCC1. The Labute approximate surface area is 176 Å². The molecule has 1 unspecified atom stereocenters. The van der Waals surface area contributed by atoms with Crippen molar-refractivity contribution in [2.24, 2.45) is 0 Å². The highest BCUT2D eigenvalue weighted by molar-refractivity contribution is 5.43. The number of hydrogen-bond acceptors (Lipinski definition) is 5. The van der Waals surface area contributed by atoms with Gasteiger partial charge in [-0.3, -0.25) is 0 Å². The van der Waals surface area contributed by atoms with E-state index >= 15 is 0 Å². The fourth-order valence-electron chi connectivity index (χ4n) is 4.55. The molecule has 3 rings (SSSR count). The molecule has 0 aromatic heterocycles. The first-order chi connectivity index (χ1) is 14.2. The van der Waals surface area contributed by atoms with E-state index in [1.54, 1.807) is 7.11 Å². The zero-order chi connectivity index (χ0) is 20.3. The van der Waals surface area contributed by atoms with Crippen LogP contribution in [0.3, 0.4) is 0 Å². The lowest BCUT2D eigenvalue weighted by molar-refractivity contribution is 0.0644. The van der Waals surface area contributed by atoms with Crippen LogP contribution < -0.4 is 14.8 Å². The van der Waals surface area contributed by atoms with Crippen LogP contribution >= 0.6 is 0 Å². The summed E-state index contributed by atoms with van der Waals surface area (Å²) >= 11 is 0. The van der Waals surface area contributed by atoms with Gasteiger partial charge in [0.15, 0.2) is 11.5 Å². The zero-order valence-electron chi connectivity index (χ0n) is 18.2. The summed E-state index contributed by atoms with van der Waals surface area (Å²) in [4.78, 5) is 2.38. The summed E-state index contributed by atoms with van der Waals surface area (Å²) < 4.78 is 11.5. The molecule has 5 nitrogen and oxygen atoms in total. The number of aliphatic hydroxyl groups excluding tert-OH is 1. The van der Waals surface area contributed by atoms with Crippen LogP contribution in [0.2, 0.25) is 0 Å². The van der Waals surface area contributed by atoms with Crippen molar-refractivity contribution in [2.75, 3.05) is 33.4 Å². The summed E-state index contributed by atoms with van der Waals surface area (Å²) in [7, 11) is 1.67. The van der Waals surface area contributed by atoms with Crippen LogP contribution in [0.4, 0.5) is 0 Å².